The van der Waals surface area contributed by atoms with Crippen molar-refractivity contribution in [1.29, 1.82) is 0 Å². The van der Waals surface area contributed by atoms with Gasteiger partial charge in [-0.2, -0.15) is 0 Å². The van der Waals surface area contributed by atoms with E-state index in [1.165, 1.54) is 0 Å². The minimum absolute atomic E-state index is 0.183. The second-order valence-electron chi connectivity index (χ2n) is 4.30. The predicted molar refractivity (Wildman–Crippen MR) is 60.8 cm³/mol. The van der Waals surface area contributed by atoms with Gasteiger partial charge in [-0.15, -0.1) is 0 Å². The van der Waals surface area contributed by atoms with Gasteiger partial charge in [0.25, 0.3) is 0 Å². The van der Waals surface area contributed by atoms with Crippen molar-refractivity contribution in [2.45, 2.75) is 40.7 Å². The van der Waals surface area contributed by atoms with Gasteiger partial charge in [0.05, 0.1) is 17.1 Å². The first kappa shape index (κ1) is 12.6. The highest BCUT2D eigenvalue weighted by molar-refractivity contribution is 5.69. The van der Waals surface area contributed by atoms with Crippen molar-refractivity contribution in [3.05, 3.63) is 23.3 Å². The van der Waals surface area contributed by atoms with Crippen LogP contribution < -0.4 is 0 Å². The molecular formula is C12H18N2O2. The number of rotatable bonds is 4. The van der Waals surface area contributed by atoms with Crippen molar-refractivity contribution >= 4 is 5.97 Å². The number of hydrogen-bond donors (Lipinski definition) is 0. The lowest BCUT2D eigenvalue weighted by Crippen LogP contribution is -2.10. The molecule has 0 atom stereocenters. The Hall–Kier alpha value is -1.45. The molecule has 0 bridgehead atoms. The SMILES string of the molecule is Cc1cnc(C)c(COC(=O)CC(C)C)n1. The lowest BCUT2D eigenvalue weighted by Gasteiger charge is -2.08. The van der Waals surface area contributed by atoms with Crippen LogP contribution in [0.25, 0.3) is 0 Å². The van der Waals surface area contributed by atoms with Gasteiger partial charge >= 0.3 is 5.97 Å². The van der Waals surface area contributed by atoms with Crippen molar-refractivity contribution in [3.8, 4) is 0 Å². The van der Waals surface area contributed by atoms with Crippen LogP contribution >= 0.6 is 0 Å². The molecule has 1 heterocycles. The van der Waals surface area contributed by atoms with E-state index in [2.05, 4.69) is 9.97 Å². The molecule has 4 nitrogen and oxygen atoms in total. The first-order chi connectivity index (χ1) is 7.49. The summed E-state index contributed by atoms with van der Waals surface area (Å²) < 4.78 is 5.13. The van der Waals surface area contributed by atoms with Crippen molar-refractivity contribution < 1.29 is 9.53 Å². The number of aromatic nitrogens is 2. The smallest absolute Gasteiger partial charge is 0.306 e. The first-order valence-electron chi connectivity index (χ1n) is 5.43. The van der Waals surface area contributed by atoms with E-state index in [1.807, 2.05) is 27.7 Å². The standard InChI is InChI=1S/C12H18N2O2/c1-8(2)5-12(15)16-7-11-10(4)13-6-9(3)14-11/h6,8H,5,7H2,1-4H3. The van der Waals surface area contributed by atoms with Gasteiger partial charge < -0.3 is 4.74 Å². The number of aryl methyl sites for hydroxylation is 2. The lowest BCUT2D eigenvalue weighted by molar-refractivity contribution is -0.145. The van der Waals surface area contributed by atoms with Crippen molar-refractivity contribution in [1.82, 2.24) is 9.97 Å². The summed E-state index contributed by atoms with van der Waals surface area (Å²) in [7, 11) is 0. The average Bonchev–Trinajstić information content (AvgIpc) is 2.18. The zero-order chi connectivity index (χ0) is 12.1. The summed E-state index contributed by atoms with van der Waals surface area (Å²) in [5, 5.41) is 0. The molecule has 16 heavy (non-hydrogen) atoms. The fourth-order valence-electron chi connectivity index (χ4n) is 1.27. The van der Waals surface area contributed by atoms with Crippen LogP contribution in [0.3, 0.4) is 0 Å². The Labute approximate surface area is 96.1 Å². The zero-order valence-corrected chi connectivity index (χ0v) is 10.3. The van der Waals surface area contributed by atoms with Crippen LogP contribution in [0.5, 0.6) is 0 Å². The Morgan fingerprint density at radius 1 is 1.44 bits per heavy atom. The third-order valence-corrected chi connectivity index (χ3v) is 2.12. The molecule has 0 saturated carbocycles. The third kappa shape index (κ3) is 3.96. The highest BCUT2D eigenvalue weighted by Gasteiger charge is 2.08. The number of esters is 1. The highest BCUT2D eigenvalue weighted by atomic mass is 16.5. The molecule has 0 spiro atoms. The monoisotopic (exact) mass is 222 g/mol. The van der Waals surface area contributed by atoms with E-state index in [-0.39, 0.29) is 12.6 Å². The Morgan fingerprint density at radius 2 is 2.12 bits per heavy atom. The fraction of sp³-hybridized carbons (Fsp3) is 0.583. The molecule has 0 unspecified atom stereocenters. The van der Waals surface area contributed by atoms with Gasteiger partial charge in [0.15, 0.2) is 0 Å². The van der Waals surface area contributed by atoms with E-state index >= 15 is 0 Å². The molecule has 0 saturated heterocycles. The molecule has 0 fully saturated rings. The Kier molecular flexibility index (Phi) is 4.40. The number of carbonyl (C=O) groups excluding carboxylic acids is 1. The minimum Gasteiger partial charge on any atom is -0.459 e. The summed E-state index contributed by atoms with van der Waals surface area (Å²) in [5.74, 6) is 0.134. The third-order valence-electron chi connectivity index (χ3n) is 2.12. The first-order valence-corrected chi connectivity index (χ1v) is 5.43. The Bertz CT molecular complexity index is 375. The van der Waals surface area contributed by atoms with Gasteiger partial charge in [-0.05, 0) is 19.8 Å². The van der Waals surface area contributed by atoms with Gasteiger partial charge in [0.2, 0.25) is 0 Å². The number of carbonyl (C=O) groups is 1. The molecule has 0 aliphatic carbocycles. The van der Waals surface area contributed by atoms with Crippen LogP contribution in [0.15, 0.2) is 6.20 Å². The molecule has 4 heteroatoms. The van der Waals surface area contributed by atoms with E-state index in [9.17, 15) is 4.79 Å². The van der Waals surface area contributed by atoms with E-state index in [4.69, 9.17) is 4.74 Å². The fourth-order valence-corrected chi connectivity index (χ4v) is 1.27. The summed E-state index contributed by atoms with van der Waals surface area (Å²) in [4.78, 5) is 19.8. The zero-order valence-electron chi connectivity index (χ0n) is 10.3. The van der Waals surface area contributed by atoms with Gasteiger partial charge in [-0.1, -0.05) is 13.8 Å². The Balaban J connectivity index is 2.54. The van der Waals surface area contributed by atoms with Crippen molar-refractivity contribution in [2.75, 3.05) is 0 Å². The van der Waals surface area contributed by atoms with Gasteiger partial charge in [0, 0.05) is 12.6 Å². The maximum Gasteiger partial charge on any atom is 0.306 e. The van der Waals surface area contributed by atoms with Crippen molar-refractivity contribution in [3.63, 3.8) is 0 Å². The highest BCUT2D eigenvalue weighted by Crippen LogP contribution is 2.07. The average molecular weight is 222 g/mol. The summed E-state index contributed by atoms with van der Waals surface area (Å²) in [5.41, 5.74) is 2.38. The lowest BCUT2D eigenvalue weighted by atomic mass is 10.1. The number of ether oxygens (including phenoxy) is 1. The van der Waals surface area contributed by atoms with Crippen LogP contribution in [-0.4, -0.2) is 15.9 Å². The second kappa shape index (κ2) is 5.58. The predicted octanol–water partition coefficient (Wildman–Crippen LogP) is 2.18. The largest absolute Gasteiger partial charge is 0.459 e. The molecule has 0 amide bonds. The molecular weight excluding hydrogens is 204 g/mol. The molecule has 1 aromatic rings. The summed E-state index contributed by atoms with van der Waals surface area (Å²) in [6, 6.07) is 0. The van der Waals surface area contributed by atoms with Crippen LogP contribution in [0.4, 0.5) is 0 Å². The summed E-state index contributed by atoms with van der Waals surface area (Å²) in [6.07, 6.45) is 2.15. The van der Waals surface area contributed by atoms with Crippen molar-refractivity contribution in [2.24, 2.45) is 5.92 Å². The van der Waals surface area contributed by atoms with E-state index < -0.39 is 0 Å². The number of nitrogens with zero attached hydrogens (tertiary/aromatic N) is 2. The molecule has 0 radical (unpaired) electrons. The maximum absolute atomic E-state index is 11.4. The van der Waals surface area contributed by atoms with Crippen LogP contribution in [-0.2, 0) is 16.1 Å². The van der Waals surface area contributed by atoms with Gasteiger partial charge in [-0.3, -0.25) is 14.8 Å². The van der Waals surface area contributed by atoms with Crippen LogP contribution in [0.2, 0.25) is 0 Å². The molecule has 1 aromatic heterocycles. The molecule has 0 aliphatic rings. The molecule has 88 valence electrons. The normalized spacial score (nSPS) is 10.6. The molecule has 1 rings (SSSR count). The van der Waals surface area contributed by atoms with Gasteiger partial charge in [0.1, 0.15) is 6.61 Å². The van der Waals surface area contributed by atoms with E-state index in [0.717, 1.165) is 17.1 Å². The molecule has 0 N–H and O–H groups in total. The summed E-state index contributed by atoms with van der Waals surface area (Å²) >= 11 is 0. The van der Waals surface area contributed by atoms with E-state index in [0.29, 0.717) is 12.3 Å². The second-order valence-corrected chi connectivity index (χ2v) is 4.30. The Morgan fingerprint density at radius 3 is 2.75 bits per heavy atom. The van der Waals surface area contributed by atoms with Crippen LogP contribution in [0.1, 0.15) is 37.4 Å². The molecule has 0 aliphatic heterocycles. The maximum atomic E-state index is 11.4. The topological polar surface area (TPSA) is 52.1 Å². The van der Waals surface area contributed by atoms with Gasteiger partial charge in [-0.25, -0.2) is 0 Å². The minimum atomic E-state index is -0.183. The molecule has 0 aromatic carbocycles. The quantitative estimate of drug-likeness (QED) is 0.733. The summed E-state index contributed by atoms with van der Waals surface area (Å²) in [6.45, 7) is 7.91. The number of hydrogen-bond acceptors (Lipinski definition) is 4. The van der Waals surface area contributed by atoms with E-state index in [1.54, 1.807) is 6.20 Å². The van der Waals surface area contributed by atoms with Crippen LogP contribution in [0, 0.1) is 19.8 Å².